The predicted molar refractivity (Wildman–Crippen MR) is 84.0 cm³/mol. The third-order valence-corrected chi connectivity index (χ3v) is 3.56. The first kappa shape index (κ1) is 15.9. The maximum atomic E-state index is 6.15. The third-order valence-electron chi connectivity index (χ3n) is 3.56. The second-order valence-corrected chi connectivity index (χ2v) is 5.16. The highest BCUT2D eigenvalue weighted by Gasteiger charge is 2.13. The fourth-order valence-corrected chi connectivity index (χ4v) is 2.36. The Morgan fingerprint density at radius 2 is 2.19 bits per heavy atom. The minimum Gasteiger partial charge on any atom is -0.497 e. The second-order valence-electron chi connectivity index (χ2n) is 5.16. The Labute approximate surface area is 127 Å². The summed E-state index contributed by atoms with van der Waals surface area (Å²) in [7, 11) is 3.38. The molecule has 4 heteroatoms. The number of ether oxygens (including phenoxy) is 3. The van der Waals surface area contributed by atoms with Gasteiger partial charge in [-0.15, -0.1) is 0 Å². The van der Waals surface area contributed by atoms with Gasteiger partial charge in [-0.2, -0.15) is 0 Å². The van der Waals surface area contributed by atoms with E-state index in [1.54, 1.807) is 14.2 Å². The van der Waals surface area contributed by atoms with Crippen molar-refractivity contribution in [2.24, 2.45) is 0 Å². The fourth-order valence-electron chi connectivity index (χ4n) is 2.36. The van der Waals surface area contributed by atoms with Crippen LogP contribution in [0.5, 0.6) is 11.5 Å². The van der Waals surface area contributed by atoms with Crippen LogP contribution >= 0.6 is 0 Å². The summed E-state index contributed by atoms with van der Waals surface area (Å²) >= 11 is 0. The van der Waals surface area contributed by atoms with Crippen molar-refractivity contribution >= 4 is 0 Å². The van der Waals surface area contributed by atoms with Crippen LogP contribution in [0.25, 0.3) is 0 Å². The molecule has 1 N–H and O–H groups in total. The summed E-state index contributed by atoms with van der Waals surface area (Å²) in [6.07, 6.45) is 7.94. The van der Waals surface area contributed by atoms with Gasteiger partial charge in [0.2, 0.25) is 0 Å². The average molecular weight is 291 g/mol. The van der Waals surface area contributed by atoms with Crippen molar-refractivity contribution in [1.29, 1.82) is 0 Å². The highest BCUT2D eigenvalue weighted by Crippen LogP contribution is 2.27. The van der Waals surface area contributed by atoms with Gasteiger partial charge in [0.25, 0.3) is 0 Å². The quantitative estimate of drug-likeness (QED) is 0.590. The summed E-state index contributed by atoms with van der Waals surface area (Å²) in [6, 6.07) is 5.99. The van der Waals surface area contributed by atoms with Gasteiger partial charge in [-0.25, -0.2) is 0 Å². The lowest BCUT2D eigenvalue weighted by Gasteiger charge is -2.21. The van der Waals surface area contributed by atoms with Crippen LogP contribution in [0.4, 0.5) is 0 Å². The molecular weight excluding hydrogens is 266 g/mol. The number of rotatable bonds is 8. The fraction of sp³-hybridized carbons (Fsp3) is 0.529. The smallest absolute Gasteiger partial charge is 0.128 e. The van der Waals surface area contributed by atoms with Gasteiger partial charge < -0.3 is 19.5 Å². The van der Waals surface area contributed by atoms with Crippen LogP contribution < -0.4 is 14.8 Å². The van der Waals surface area contributed by atoms with Crippen LogP contribution in [-0.2, 0) is 11.3 Å². The van der Waals surface area contributed by atoms with Crippen molar-refractivity contribution in [3.8, 4) is 11.5 Å². The number of methoxy groups -OCH3 is 2. The van der Waals surface area contributed by atoms with E-state index in [1.807, 2.05) is 12.1 Å². The van der Waals surface area contributed by atoms with E-state index in [1.165, 1.54) is 6.42 Å². The Morgan fingerprint density at radius 1 is 1.29 bits per heavy atom. The van der Waals surface area contributed by atoms with Crippen molar-refractivity contribution in [3.63, 3.8) is 0 Å². The normalized spacial score (nSPS) is 17.7. The van der Waals surface area contributed by atoms with Crippen LogP contribution in [0.3, 0.4) is 0 Å². The summed E-state index contributed by atoms with van der Waals surface area (Å²) in [5.41, 5.74) is 1.14. The van der Waals surface area contributed by atoms with Crippen LogP contribution in [-0.4, -0.2) is 33.5 Å². The van der Waals surface area contributed by atoms with Gasteiger partial charge in [0.05, 0.1) is 13.7 Å². The zero-order chi connectivity index (χ0) is 14.9. The first-order valence-corrected chi connectivity index (χ1v) is 7.53. The summed E-state index contributed by atoms with van der Waals surface area (Å²) in [5.74, 6) is 1.72. The van der Waals surface area contributed by atoms with Gasteiger partial charge >= 0.3 is 0 Å². The van der Waals surface area contributed by atoms with Gasteiger partial charge in [-0.3, -0.25) is 0 Å². The Hall–Kier alpha value is -1.52. The molecule has 0 fully saturated rings. The SMILES string of the molecule is COCCNCc1ccc(OC)cc1OC1C=CCCC1. The van der Waals surface area contributed by atoms with E-state index in [0.717, 1.165) is 43.0 Å². The molecule has 1 aromatic carbocycles. The van der Waals surface area contributed by atoms with Gasteiger partial charge in [-0.05, 0) is 31.4 Å². The summed E-state index contributed by atoms with van der Waals surface area (Å²) in [6.45, 7) is 2.29. The lowest BCUT2D eigenvalue weighted by Crippen LogP contribution is -2.21. The molecule has 21 heavy (non-hydrogen) atoms. The standard InChI is InChI=1S/C17H25NO3/c1-19-11-10-18-13-14-8-9-16(20-2)12-17(14)21-15-6-4-3-5-7-15/h4,6,8-9,12,15,18H,3,5,7,10-11,13H2,1-2H3. The minimum atomic E-state index is 0.170. The monoisotopic (exact) mass is 291 g/mol. The maximum Gasteiger partial charge on any atom is 0.128 e. The van der Waals surface area contributed by atoms with Crippen LogP contribution in [0.2, 0.25) is 0 Å². The molecule has 1 aliphatic carbocycles. The van der Waals surface area contributed by atoms with Crippen molar-refractivity contribution in [1.82, 2.24) is 5.32 Å². The van der Waals surface area contributed by atoms with Gasteiger partial charge in [0.1, 0.15) is 17.6 Å². The van der Waals surface area contributed by atoms with Gasteiger partial charge in [0.15, 0.2) is 0 Å². The van der Waals surface area contributed by atoms with E-state index >= 15 is 0 Å². The number of hydrogen-bond donors (Lipinski definition) is 1. The largest absolute Gasteiger partial charge is 0.497 e. The van der Waals surface area contributed by atoms with E-state index in [0.29, 0.717) is 6.61 Å². The topological polar surface area (TPSA) is 39.7 Å². The second kappa shape index (κ2) is 8.70. The van der Waals surface area contributed by atoms with Crippen LogP contribution in [0, 0.1) is 0 Å². The molecule has 2 rings (SSSR count). The number of benzene rings is 1. The number of allylic oxidation sites excluding steroid dienone is 1. The molecule has 0 spiro atoms. The van der Waals surface area contributed by atoms with Crippen LogP contribution in [0.1, 0.15) is 24.8 Å². The van der Waals surface area contributed by atoms with E-state index in [9.17, 15) is 0 Å². The van der Waals surface area contributed by atoms with Crippen LogP contribution in [0.15, 0.2) is 30.4 Å². The van der Waals surface area contributed by atoms with Gasteiger partial charge in [-0.1, -0.05) is 12.1 Å². The van der Waals surface area contributed by atoms with E-state index in [-0.39, 0.29) is 6.10 Å². The molecule has 116 valence electrons. The highest BCUT2D eigenvalue weighted by atomic mass is 16.5. The lowest BCUT2D eigenvalue weighted by molar-refractivity contribution is 0.198. The molecule has 0 amide bonds. The Kier molecular flexibility index (Phi) is 6.57. The Morgan fingerprint density at radius 3 is 2.90 bits per heavy atom. The van der Waals surface area contributed by atoms with Gasteiger partial charge in [0, 0.05) is 31.8 Å². The van der Waals surface area contributed by atoms with E-state index in [2.05, 4.69) is 23.5 Å². The molecule has 0 radical (unpaired) electrons. The zero-order valence-electron chi connectivity index (χ0n) is 12.9. The Balaban J connectivity index is 2.03. The molecule has 0 bridgehead atoms. The molecule has 4 nitrogen and oxygen atoms in total. The molecule has 0 saturated heterocycles. The molecule has 1 unspecified atom stereocenters. The van der Waals surface area contributed by atoms with E-state index in [4.69, 9.17) is 14.2 Å². The third kappa shape index (κ3) is 5.06. The first-order valence-electron chi connectivity index (χ1n) is 7.53. The molecule has 0 aromatic heterocycles. The molecule has 0 heterocycles. The summed E-state index contributed by atoms with van der Waals surface area (Å²) < 4.78 is 16.5. The number of nitrogens with one attached hydrogen (secondary N) is 1. The zero-order valence-corrected chi connectivity index (χ0v) is 12.9. The molecule has 1 aliphatic rings. The highest BCUT2D eigenvalue weighted by molar-refractivity contribution is 5.41. The average Bonchev–Trinajstić information content (AvgIpc) is 2.53. The van der Waals surface area contributed by atoms with Crippen molar-refractivity contribution in [2.75, 3.05) is 27.4 Å². The molecule has 0 aliphatic heterocycles. The first-order chi connectivity index (χ1) is 10.3. The van der Waals surface area contributed by atoms with E-state index < -0.39 is 0 Å². The molecule has 0 saturated carbocycles. The van der Waals surface area contributed by atoms with Crippen molar-refractivity contribution < 1.29 is 14.2 Å². The number of hydrogen-bond acceptors (Lipinski definition) is 4. The molecular formula is C17H25NO3. The molecule has 1 aromatic rings. The minimum absolute atomic E-state index is 0.170. The van der Waals surface area contributed by atoms with Crippen molar-refractivity contribution in [2.45, 2.75) is 31.9 Å². The van der Waals surface area contributed by atoms with Crippen molar-refractivity contribution in [3.05, 3.63) is 35.9 Å². The summed E-state index contributed by atoms with van der Waals surface area (Å²) in [4.78, 5) is 0. The predicted octanol–water partition coefficient (Wildman–Crippen LogP) is 2.92. The lowest BCUT2D eigenvalue weighted by atomic mass is 10.1. The molecule has 1 atom stereocenters. The maximum absolute atomic E-state index is 6.15. The Bertz CT molecular complexity index is 459. The summed E-state index contributed by atoms with van der Waals surface area (Å²) in [5, 5.41) is 3.35.